The fourth-order valence-corrected chi connectivity index (χ4v) is 6.15. The highest BCUT2D eigenvalue weighted by Crippen LogP contribution is 2.32. The van der Waals surface area contributed by atoms with Gasteiger partial charge in [-0.15, -0.1) is 13.2 Å². The van der Waals surface area contributed by atoms with Gasteiger partial charge in [0, 0.05) is 24.8 Å². The molecule has 194 valence electrons. The molecule has 0 saturated carbocycles. The Morgan fingerprint density at radius 2 is 2.11 bits per heavy atom. The Balaban J connectivity index is 1.55. The lowest BCUT2D eigenvalue weighted by Gasteiger charge is -2.40. The molecule has 37 heavy (non-hydrogen) atoms. The molecule has 12 heteroatoms. The number of aryl methyl sites for hydroxylation is 1. The van der Waals surface area contributed by atoms with Gasteiger partial charge >= 0.3 is 6.36 Å². The van der Waals surface area contributed by atoms with Crippen molar-refractivity contribution in [2.45, 2.75) is 38.1 Å². The maximum absolute atomic E-state index is 12.9. The minimum atomic E-state index is -4.87. The van der Waals surface area contributed by atoms with Gasteiger partial charge in [0.05, 0.1) is 39.4 Å². The summed E-state index contributed by atoms with van der Waals surface area (Å²) in [5, 5.41) is 12.5. The summed E-state index contributed by atoms with van der Waals surface area (Å²) in [6.45, 7) is 7.36. The van der Waals surface area contributed by atoms with Gasteiger partial charge in [0.25, 0.3) is 0 Å². The number of alkyl halides is 3. The highest BCUT2D eigenvalue weighted by molar-refractivity contribution is 14.2. The van der Waals surface area contributed by atoms with Crippen molar-refractivity contribution in [3.8, 4) is 23.2 Å². The van der Waals surface area contributed by atoms with Crippen LogP contribution in [0.4, 0.5) is 13.2 Å². The summed E-state index contributed by atoms with van der Waals surface area (Å²) in [6, 6.07) is 4.72. The van der Waals surface area contributed by atoms with Gasteiger partial charge in [0.15, 0.2) is 5.75 Å². The van der Waals surface area contributed by atoms with Crippen molar-refractivity contribution in [1.29, 1.82) is 5.26 Å². The van der Waals surface area contributed by atoms with E-state index in [4.69, 9.17) is 11.0 Å². The van der Waals surface area contributed by atoms with Gasteiger partial charge in [-0.05, 0) is 42.1 Å². The number of nitriles is 1. The van der Waals surface area contributed by atoms with Gasteiger partial charge in [0.2, 0.25) is 0 Å². The van der Waals surface area contributed by atoms with E-state index in [0.29, 0.717) is 36.3 Å². The van der Waals surface area contributed by atoms with Crippen LogP contribution in [0.2, 0.25) is 0 Å². The predicted molar refractivity (Wildman–Crippen MR) is 143 cm³/mol. The number of rotatable bonds is 7. The maximum atomic E-state index is 12.9. The number of halogens is 4. The number of piperidine rings is 1. The van der Waals surface area contributed by atoms with E-state index >= 15 is 0 Å². The van der Waals surface area contributed by atoms with Crippen LogP contribution >= 0.6 is 20.7 Å². The first-order chi connectivity index (χ1) is 17.6. The topological polar surface area (TPSA) is 113 Å². The smallest absolute Gasteiger partial charge is 0.403 e. The second kappa shape index (κ2) is 11.0. The Hall–Kier alpha value is -3.31. The normalized spacial score (nSPS) is 17.1. The Bertz CT molecular complexity index is 1320. The van der Waals surface area contributed by atoms with E-state index in [0.717, 1.165) is 22.4 Å². The first-order valence-corrected chi connectivity index (χ1v) is 13.7. The summed E-state index contributed by atoms with van der Waals surface area (Å²) in [5.74, 6) is -0.460. The summed E-state index contributed by atoms with van der Waals surface area (Å²) in [6.07, 6.45) is 3.69. The molecule has 2 aliphatic rings. The van der Waals surface area contributed by atoms with E-state index in [2.05, 4.69) is 46.6 Å². The molecule has 0 aliphatic carbocycles. The lowest BCUT2D eigenvalue weighted by molar-refractivity contribution is -0.274. The molecule has 8 nitrogen and oxygen atoms in total. The molecule has 0 spiro atoms. The van der Waals surface area contributed by atoms with Gasteiger partial charge in [0.1, 0.15) is 17.1 Å². The van der Waals surface area contributed by atoms with E-state index in [1.54, 1.807) is 6.92 Å². The Kier molecular flexibility index (Phi) is 7.93. The van der Waals surface area contributed by atoms with Crippen molar-refractivity contribution in [2.24, 2.45) is 5.73 Å². The van der Waals surface area contributed by atoms with Crippen LogP contribution < -0.4 is 15.8 Å². The molecule has 1 saturated heterocycles. The van der Waals surface area contributed by atoms with Crippen LogP contribution in [0.3, 0.4) is 0 Å². The van der Waals surface area contributed by atoms with Crippen LogP contribution in [0, 0.1) is 18.3 Å². The van der Waals surface area contributed by atoms with E-state index in [9.17, 15) is 13.2 Å². The molecule has 2 aromatic rings. The summed E-state index contributed by atoms with van der Waals surface area (Å²) >= 11 is -0.494. The molecular formula is C25H25F3IN7O. The van der Waals surface area contributed by atoms with Gasteiger partial charge in [-0.2, -0.15) is 5.26 Å². The number of pyridine rings is 1. The lowest BCUT2D eigenvalue weighted by Crippen LogP contribution is -2.51. The molecule has 0 atom stereocenters. The first-order valence-electron chi connectivity index (χ1n) is 11.4. The third kappa shape index (κ3) is 6.53. The fraction of sp³-hybridized carbons (Fsp3) is 0.320. The van der Waals surface area contributed by atoms with Crippen LogP contribution in [-0.2, 0) is 0 Å². The zero-order chi connectivity index (χ0) is 26.6. The van der Waals surface area contributed by atoms with E-state index in [-0.39, 0.29) is 11.4 Å². The molecule has 2 aliphatic heterocycles. The van der Waals surface area contributed by atoms with Gasteiger partial charge in [-0.3, -0.25) is 9.97 Å². The van der Waals surface area contributed by atoms with Crippen LogP contribution in [0.25, 0.3) is 17.1 Å². The number of nitrogens with zero attached hydrogens (tertiary/aromatic N) is 5. The number of likely N-dealkylation sites (tertiary alicyclic amines) is 1. The second-order valence-corrected chi connectivity index (χ2v) is 11.1. The number of allylic oxidation sites excluding steroid dienone is 2. The molecule has 0 unspecified atom stereocenters. The SMILES string of the molecule is C=C(NC1=IC=CC=C1N1CCC(N)(CC#N)CC1)c1nc(-c2ncccc2OC(F)(F)F)cnc1C. The number of aromatic nitrogens is 3. The summed E-state index contributed by atoms with van der Waals surface area (Å²) in [4.78, 5) is 15.2. The van der Waals surface area contributed by atoms with Gasteiger partial charge in [-0.1, -0.05) is 33.4 Å². The zero-order valence-corrected chi connectivity index (χ0v) is 22.2. The zero-order valence-electron chi connectivity index (χ0n) is 20.0. The minimum Gasteiger partial charge on any atom is -0.403 e. The van der Waals surface area contributed by atoms with Crippen molar-refractivity contribution >= 4 is 30.1 Å². The van der Waals surface area contributed by atoms with Crippen molar-refractivity contribution in [3.63, 3.8) is 0 Å². The molecule has 0 amide bonds. The fourth-order valence-electron chi connectivity index (χ4n) is 4.05. The van der Waals surface area contributed by atoms with Crippen molar-refractivity contribution in [2.75, 3.05) is 13.1 Å². The van der Waals surface area contributed by atoms with Crippen molar-refractivity contribution in [3.05, 3.63) is 64.4 Å². The monoisotopic (exact) mass is 623 g/mol. The van der Waals surface area contributed by atoms with Crippen molar-refractivity contribution in [1.82, 2.24) is 25.2 Å². The number of nitrogens with two attached hydrogens (primary N) is 1. The number of nitrogens with one attached hydrogen (secondary N) is 1. The van der Waals surface area contributed by atoms with E-state index < -0.39 is 38.4 Å². The summed E-state index contributed by atoms with van der Waals surface area (Å²) in [5.41, 5.74) is 8.48. The molecule has 4 rings (SSSR count). The molecule has 0 radical (unpaired) electrons. The highest BCUT2D eigenvalue weighted by atomic mass is 127. The lowest BCUT2D eigenvalue weighted by atomic mass is 9.86. The highest BCUT2D eigenvalue weighted by Gasteiger charge is 2.33. The molecule has 1 fully saturated rings. The molecule has 2 aromatic heterocycles. The third-order valence-electron chi connectivity index (χ3n) is 6.00. The number of hydrogen-bond acceptors (Lipinski definition) is 8. The number of hydrogen-bond donors (Lipinski definition) is 2. The standard InChI is InChI=1S/C25H25F3IN7O/c1-16-21(35-18(15-33-16)22-20(6-4-12-32-22)37-25(26,27)28)17(2)34-23-19(5-3-10-29-23)36-13-8-24(31,7-11-30)9-14-36/h3-6,10,12,15,34H,2,7-9,13-14,31H2,1H3. The largest absolute Gasteiger partial charge is 0.573 e. The predicted octanol–water partition coefficient (Wildman–Crippen LogP) is 4.52. The number of ether oxygens (including phenoxy) is 1. The minimum absolute atomic E-state index is 0.0707. The average molecular weight is 623 g/mol. The molecule has 0 aromatic carbocycles. The molecule has 0 bridgehead atoms. The first kappa shape index (κ1) is 26.7. The maximum Gasteiger partial charge on any atom is 0.573 e. The van der Waals surface area contributed by atoms with Crippen LogP contribution in [0.5, 0.6) is 5.75 Å². The quantitative estimate of drug-likeness (QED) is 0.433. The van der Waals surface area contributed by atoms with E-state index in [1.807, 2.05) is 12.2 Å². The van der Waals surface area contributed by atoms with Gasteiger partial charge in [-0.25, -0.2) is 4.98 Å². The molecule has 4 heterocycles. The molecule has 3 N–H and O–H groups in total. The van der Waals surface area contributed by atoms with Crippen LogP contribution in [0.1, 0.15) is 30.7 Å². The Morgan fingerprint density at radius 3 is 2.81 bits per heavy atom. The van der Waals surface area contributed by atoms with Crippen molar-refractivity contribution < 1.29 is 17.9 Å². The Morgan fingerprint density at radius 1 is 1.35 bits per heavy atom. The van der Waals surface area contributed by atoms with Gasteiger partial charge < -0.3 is 20.7 Å². The van der Waals surface area contributed by atoms with Crippen LogP contribution in [-0.4, -0.2) is 48.5 Å². The summed E-state index contributed by atoms with van der Waals surface area (Å²) < 4.78 is 46.0. The van der Waals surface area contributed by atoms with Crippen LogP contribution in [0.15, 0.2) is 53.0 Å². The third-order valence-corrected chi connectivity index (χ3v) is 8.22. The average Bonchev–Trinajstić information content (AvgIpc) is 2.85. The second-order valence-electron chi connectivity index (χ2n) is 8.67. The Labute approximate surface area is 222 Å². The van der Waals surface area contributed by atoms with E-state index in [1.165, 1.54) is 24.5 Å². The molecular weight excluding hydrogens is 598 g/mol. The summed E-state index contributed by atoms with van der Waals surface area (Å²) in [7, 11) is 0.